The maximum Gasteiger partial charge on any atom is 0.415 e. The average molecular weight is 525 g/mol. The van der Waals surface area contributed by atoms with Gasteiger partial charge in [0.1, 0.15) is 23.7 Å². The Morgan fingerprint density at radius 2 is 1.58 bits per heavy atom. The summed E-state index contributed by atoms with van der Waals surface area (Å²) in [6.45, 7) is 6.26. The molecule has 1 saturated heterocycles. The first-order valence-electron chi connectivity index (χ1n) is 13.0. The van der Waals surface area contributed by atoms with Crippen LogP contribution >= 0.6 is 0 Å². The zero-order valence-corrected chi connectivity index (χ0v) is 22.3. The van der Waals surface area contributed by atoms with E-state index in [2.05, 4.69) is 18.7 Å². The molecule has 0 radical (unpaired) electrons. The van der Waals surface area contributed by atoms with Crippen molar-refractivity contribution in [1.29, 1.82) is 0 Å². The average Bonchev–Trinajstić information content (AvgIpc) is 2.90. The molecule has 202 valence electrons. The fourth-order valence-electron chi connectivity index (χ4n) is 4.84. The van der Waals surface area contributed by atoms with Crippen LogP contribution in [0.2, 0.25) is 0 Å². The number of ether oxygens (including phenoxy) is 2. The van der Waals surface area contributed by atoms with E-state index in [9.17, 15) is 13.2 Å². The van der Waals surface area contributed by atoms with E-state index in [4.69, 9.17) is 14.1 Å². The van der Waals surface area contributed by atoms with Crippen LogP contribution in [0.15, 0.2) is 72.8 Å². The van der Waals surface area contributed by atoms with Gasteiger partial charge in [-0.25, -0.2) is 0 Å². The van der Waals surface area contributed by atoms with Gasteiger partial charge in [-0.3, -0.25) is 4.90 Å². The molecular weight excluding hydrogens is 490 g/mol. The topological polar surface area (TPSA) is 30.9 Å². The fourth-order valence-corrected chi connectivity index (χ4v) is 4.84. The second kappa shape index (κ2) is 12.3. The zero-order valence-electron chi connectivity index (χ0n) is 22.3. The summed E-state index contributed by atoms with van der Waals surface area (Å²) in [7, 11) is 1.44. The van der Waals surface area contributed by atoms with Crippen molar-refractivity contribution in [2.45, 2.75) is 44.8 Å². The van der Waals surface area contributed by atoms with Crippen LogP contribution in [0.1, 0.15) is 36.5 Å². The summed E-state index contributed by atoms with van der Waals surface area (Å²) in [5.41, 5.74) is 1.27. The highest BCUT2D eigenvalue weighted by Gasteiger charge is 2.37. The van der Waals surface area contributed by atoms with Crippen LogP contribution in [0, 0.1) is 6.92 Å². The van der Waals surface area contributed by atoms with Crippen molar-refractivity contribution < 1.29 is 27.3 Å². The molecule has 0 amide bonds. The summed E-state index contributed by atoms with van der Waals surface area (Å²) in [4.78, 5) is 2.30. The van der Waals surface area contributed by atoms with E-state index < -0.39 is 18.7 Å². The van der Waals surface area contributed by atoms with Gasteiger partial charge < -0.3 is 14.1 Å². The van der Waals surface area contributed by atoms with E-state index in [1.54, 1.807) is 0 Å². The number of piperidine rings is 1. The molecule has 3 aromatic carbocycles. The molecule has 1 aliphatic heterocycles. The molecule has 0 bridgehead atoms. The van der Waals surface area contributed by atoms with Gasteiger partial charge in [-0.15, -0.1) is 0 Å². The summed E-state index contributed by atoms with van der Waals surface area (Å²) in [6.07, 6.45) is -2.37. The third-order valence-corrected chi connectivity index (χ3v) is 7.20. The monoisotopic (exact) mass is 525 g/mol. The largest absolute Gasteiger partial charge is 0.492 e. The molecule has 0 saturated carbocycles. The predicted octanol–water partition coefficient (Wildman–Crippen LogP) is 5.95. The van der Waals surface area contributed by atoms with Crippen molar-refractivity contribution in [2.75, 3.05) is 33.4 Å². The van der Waals surface area contributed by atoms with Crippen LogP contribution in [-0.2, 0) is 17.2 Å². The summed E-state index contributed by atoms with van der Waals surface area (Å²) in [5.74, 6) is 1.29. The van der Waals surface area contributed by atoms with E-state index in [1.165, 1.54) is 24.8 Å². The minimum Gasteiger partial charge on any atom is -0.492 e. The molecule has 0 spiro atoms. The first-order chi connectivity index (χ1) is 18.1. The van der Waals surface area contributed by atoms with Crippen molar-refractivity contribution in [1.82, 2.24) is 4.90 Å². The van der Waals surface area contributed by atoms with Gasteiger partial charge in [-0.1, -0.05) is 53.6 Å². The number of alkyl halides is 3. The number of halogens is 3. The fraction of sp³-hybridized carbons (Fsp3) is 0.400. The lowest BCUT2D eigenvalue weighted by Crippen LogP contribution is -2.47. The normalized spacial score (nSPS) is 15.7. The number of aryl methyl sites for hydroxylation is 1. The van der Waals surface area contributed by atoms with Crippen LogP contribution < -0.4 is 14.9 Å². The van der Waals surface area contributed by atoms with Gasteiger partial charge in [-0.05, 0) is 68.8 Å². The van der Waals surface area contributed by atoms with Crippen LogP contribution in [0.5, 0.6) is 11.5 Å². The lowest BCUT2D eigenvalue weighted by Gasteiger charge is -2.39. The molecule has 1 heterocycles. The number of hydrogen-bond acceptors (Lipinski definition) is 4. The van der Waals surface area contributed by atoms with Crippen LogP contribution in [0.3, 0.4) is 0 Å². The van der Waals surface area contributed by atoms with Crippen molar-refractivity contribution in [3.63, 3.8) is 0 Å². The van der Waals surface area contributed by atoms with Gasteiger partial charge in [-0.2, -0.15) is 13.2 Å². The Hall–Kier alpha value is -2.97. The Labute approximate surface area is 223 Å². The second-order valence-electron chi connectivity index (χ2n) is 10.2. The number of likely N-dealkylation sites (tertiary alicyclic amines) is 1. The minimum atomic E-state index is -4.48. The third kappa shape index (κ3) is 7.54. The van der Waals surface area contributed by atoms with Crippen LogP contribution in [-0.4, -0.2) is 50.8 Å². The molecule has 0 aromatic heterocycles. The Morgan fingerprint density at radius 1 is 0.921 bits per heavy atom. The van der Waals surface area contributed by atoms with Gasteiger partial charge in [0.25, 0.3) is 0 Å². The SMILES string of the molecule is COB(Cc1ccccc1)c1cc(OCCN2CCC(C)(Oc3ccc(C)cc3)CC2)ccc1C(F)(F)F. The van der Waals surface area contributed by atoms with E-state index in [0.29, 0.717) is 25.2 Å². The molecule has 3 aromatic rings. The van der Waals surface area contributed by atoms with Crippen molar-refractivity contribution in [2.24, 2.45) is 0 Å². The molecule has 4 nitrogen and oxygen atoms in total. The highest BCUT2D eigenvalue weighted by molar-refractivity contribution is 6.67. The quantitative estimate of drug-likeness (QED) is 0.306. The minimum absolute atomic E-state index is 0.0864. The molecule has 38 heavy (non-hydrogen) atoms. The van der Waals surface area contributed by atoms with Crippen molar-refractivity contribution in [3.05, 3.63) is 89.5 Å². The molecule has 0 unspecified atom stereocenters. The number of hydrogen-bond donors (Lipinski definition) is 0. The number of benzene rings is 3. The molecule has 0 aliphatic carbocycles. The van der Waals surface area contributed by atoms with Crippen LogP contribution in [0.25, 0.3) is 0 Å². The Morgan fingerprint density at radius 3 is 2.21 bits per heavy atom. The van der Waals surface area contributed by atoms with Gasteiger partial charge in [0.05, 0.1) is 5.56 Å². The third-order valence-electron chi connectivity index (χ3n) is 7.20. The van der Waals surface area contributed by atoms with E-state index in [-0.39, 0.29) is 11.1 Å². The molecule has 8 heteroatoms. The van der Waals surface area contributed by atoms with Crippen molar-refractivity contribution >= 4 is 12.4 Å². The van der Waals surface area contributed by atoms with Gasteiger partial charge >= 0.3 is 13.1 Å². The lowest BCUT2D eigenvalue weighted by atomic mass is 9.55. The Kier molecular flexibility index (Phi) is 9.05. The zero-order chi connectivity index (χ0) is 27.2. The molecule has 1 aliphatic rings. The maximum absolute atomic E-state index is 13.8. The summed E-state index contributed by atoms with van der Waals surface area (Å²) in [6, 6.07) is 21.4. The first kappa shape index (κ1) is 28.1. The van der Waals surface area contributed by atoms with E-state index in [0.717, 1.165) is 43.3 Å². The van der Waals surface area contributed by atoms with Gasteiger partial charge in [0, 0.05) is 26.7 Å². The highest BCUT2D eigenvalue weighted by Crippen LogP contribution is 2.31. The van der Waals surface area contributed by atoms with Crippen LogP contribution in [0.4, 0.5) is 13.2 Å². The van der Waals surface area contributed by atoms with Gasteiger partial charge in [0.15, 0.2) is 0 Å². The summed E-state index contributed by atoms with van der Waals surface area (Å²) in [5, 5.41) is 0. The number of rotatable bonds is 10. The number of nitrogens with zero attached hydrogens (tertiary/aromatic N) is 1. The van der Waals surface area contributed by atoms with Gasteiger partial charge in [0.2, 0.25) is 0 Å². The Bertz CT molecular complexity index is 1160. The van der Waals surface area contributed by atoms with Crippen molar-refractivity contribution in [3.8, 4) is 11.5 Å². The molecule has 0 atom stereocenters. The first-order valence-corrected chi connectivity index (χ1v) is 13.0. The van der Waals surface area contributed by atoms with E-state index in [1.807, 2.05) is 54.6 Å². The lowest BCUT2D eigenvalue weighted by molar-refractivity contribution is -0.136. The Balaban J connectivity index is 1.34. The van der Waals surface area contributed by atoms with E-state index >= 15 is 0 Å². The smallest absolute Gasteiger partial charge is 0.415 e. The molecule has 1 fully saturated rings. The molecular formula is C30H35BF3NO3. The summed E-state index contributed by atoms with van der Waals surface area (Å²) >= 11 is 0. The maximum atomic E-state index is 13.8. The predicted molar refractivity (Wildman–Crippen MR) is 145 cm³/mol. The molecule has 0 N–H and O–H groups in total. The highest BCUT2D eigenvalue weighted by atomic mass is 19.4. The molecule has 4 rings (SSSR count). The summed E-state index contributed by atoms with van der Waals surface area (Å²) < 4.78 is 59.2. The second-order valence-corrected chi connectivity index (χ2v) is 10.2. The standard InChI is InChI=1S/C30H35BF3NO3/c1-23-9-11-25(12-10-23)38-29(2)15-17-35(18-16-29)19-20-37-26-13-14-27(30(32,33)34)28(21-26)31(36-3)22-24-7-5-4-6-8-24/h4-14,21H,15-20,22H2,1-3H3.